The van der Waals surface area contributed by atoms with E-state index in [1.807, 2.05) is 41.6 Å². The number of nitrogens with zero attached hydrogens (tertiary/aromatic N) is 5. The van der Waals surface area contributed by atoms with Crippen molar-refractivity contribution in [2.75, 3.05) is 27.2 Å². The summed E-state index contributed by atoms with van der Waals surface area (Å²) in [7, 11) is 3.48. The third-order valence-corrected chi connectivity index (χ3v) is 8.03. The second-order valence-corrected chi connectivity index (χ2v) is 11.0. The van der Waals surface area contributed by atoms with E-state index >= 15 is 0 Å². The number of likely N-dealkylation sites (tertiary alicyclic amines) is 1. The minimum Gasteiger partial charge on any atom is -0.345 e. The van der Waals surface area contributed by atoms with Crippen LogP contribution in [-0.4, -0.2) is 75.8 Å². The van der Waals surface area contributed by atoms with Crippen molar-refractivity contribution in [3.8, 4) is 11.3 Å². The highest BCUT2D eigenvalue weighted by atomic mass is 35.5. The number of halogens is 2. The van der Waals surface area contributed by atoms with Gasteiger partial charge in [-0.1, -0.05) is 35.3 Å². The molecule has 2 heterocycles. The van der Waals surface area contributed by atoms with Gasteiger partial charge < -0.3 is 9.80 Å². The van der Waals surface area contributed by atoms with Gasteiger partial charge in [-0.2, -0.15) is 0 Å². The second-order valence-electron chi connectivity index (χ2n) is 10.2. The Morgan fingerprint density at radius 3 is 2.11 bits per heavy atom. The third-order valence-electron chi connectivity index (χ3n) is 7.29. The fourth-order valence-corrected chi connectivity index (χ4v) is 5.29. The highest BCUT2D eigenvalue weighted by Crippen LogP contribution is 2.33. The second kappa shape index (κ2) is 11.4. The number of hydrogen-bond donors (Lipinski definition) is 0. The molecule has 2 amide bonds. The monoisotopic (exact) mass is 551 g/mol. The lowest BCUT2D eigenvalue weighted by molar-refractivity contribution is 0.0591. The van der Waals surface area contributed by atoms with Gasteiger partial charge in [0.15, 0.2) is 0 Å². The molecule has 0 unspecified atom stereocenters. The third kappa shape index (κ3) is 6.01. The van der Waals surface area contributed by atoms with Crippen molar-refractivity contribution in [3.63, 3.8) is 0 Å². The Labute approximate surface area is 233 Å². The number of carbonyl (C=O) groups excluding carboxylic acids is 2. The first-order chi connectivity index (χ1) is 18.3. The Hall–Kier alpha value is -3.00. The lowest BCUT2D eigenvalue weighted by atomic mass is 10.0. The topological polar surface area (TPSA) is 69.6 Å². The van der Waals surface area contributed by atoms with Crippen LogP contribution in [0.25, 0.3) is 11.3 Å². The van der Waals surface area contributed by atoms with Crippen molar-refractivity contribution >= 4 is 35.0 Å². The van der Waals surface area contributed by atoms with Crippen LogP contribution >= 0.6 is 23.2 Å². The summed E-state index contributed by atoms with van der Waals surface area (Å²) in [5.41, 5.74) is 3.87. The highest BCUT2D eigenvalue weighted by Gasteiger charge is 2.36. The van der Waals surface area contributed by atoms with Crippen LogP contribution in [0.3, 0.4) is 0 Å². The standard InChI is InChI=1S/C29H31Cl2N5O2/c1-34(2)28(37)20-5-3-19(4-6-20)27-17-32-22(16-33-27)18-36(23-8-9-23)24-11-13-35(14-12-24)29(38)21-7-10-25(30)26(31)15-21/h3-7,10,15-17,23-24H,8-9,11-14,18H2,1-2H3. The molecule has 1 aromatic heterocycles. The van der Waals surface area contributed by atoms with E-state index in [2.05, 4.69) is 9.88 Å². The van der Waals surface area contributed by atoms with Gasteiger partial charge in [0.1, 0.15) is 0 Å². The molecule has 2 aromatic carbocycles. The molecule has 2 fully saturated rings. The van der Waals surface area contributed by atoms with Gasteiger partial charge in [-0.15, -0.1) is 0 Å². The normalized spacial score (nSPS) is 16.1. The SMILES string of the molecule is CN(C)C(=O)c1ccc(-c2cnc(CN(C3CC3)C3CCN(C(=O)c4ccc(Cl)c(Cl)c4)CC3)cn2)cc1. The lowest BCUT2D eigenvalue weighted by Crippen LogP contribution is -2.47. The summed E-state index contributed by atoms with van der Waals surface area (Å²) in [6, 6.07) is 13.5. The Morgan fingerprint density at radius 1 is 0.868 bits per heavy atom. The van der Waals surface area contributed by atoms with Crippen molar-refractivity contribution < 1.29 is 9.59 Å². The van der Waals surface area contributed by atoms with Gasteiger partial charge in [-0.25, -0.2) is 0 Å². The molecule has 0 bridgehead atoms. The van der Waals surface area contributed by atoms with Gasteiger partial charge in [0.2, 0.25) is 0 Å². The maximum atomic E-state index is 13.0. The van der Waals surface area contributed by atoms with Crippen LogP contribution in [0, 0.1) is 0 Å². The number of amides is 2. The average Bonchev–Trinajstić information content (AvgIpc) is 3.78. The zero-order valence-electron chi connectivity index (χ0n) is 21.6. The Balaban J connectivity index is 1.20. The molecule has 1 aliphatic carbocycles. The molecule has 0 atom stereocenters. The molecule has 9 heteroatoms. The minimum absolute atomic E-state index is 0.000516. The van der Waals surface area contributed by atoms with E-state index in [0.717, 1.165) is 36.3 Å². The Kier molecular flexibility index (Phi) is 7.98. The van der Waals surface area contributed by atoms with Gasteiger partial charge in [0.05, 0.1) is 33.8 Å². The van der Waals surface area contributed by atoms with Gasteiger partial charge >= 0.3 is 0 Å². The minimum atomic E-state index is -0.0253. The van der Waals surface area contributed by atoms with Crippen LogP contribution in [0.1, 0.15) is 52.1 Å². The van der Waals surface area contributed by atoms with Gasteiger partial charge in [-0.3, -0.25) is 24.5 Å². The number of piperidine rings is 1. The molecule has 5 rings (SSSR count). The molecule has 7 nitrogen and oxygen atoms in total. The number of hydrogen-bond acceptors (Lipinski definition) is 5. The molecule has 198 valence electrons. The summed E-state index contributed by atoms with van der Waals surface area (Å²) >= 11 is 12.1. The Bertz CT molecular complexity index is 1300. The first-order valence-electron chi connectivity index (χ1n) is 12.9. The molecule has 0 N–H and O–H groups in total. The summed E-state index contributed by atoms with van der Waals surface area (Å²) in [6.07, 6.45) is 7.91. The van der Waals surface area contributed by atoms with Crippen molar-refractivity contribution in [2.45, 2.75) is 44.3 Å². The lowest BCUT2D eigenvalue weighted by Gasteiger charge is -2.38. The van der Waals surface area contributed by atoms with Crippen molar-refractivity contribution in [3.05, 3.63) is 81.7 Å². The molecule has 1 aliphatic heterocycles. The molecule has 0 spiro atoms. The van der Waals surface area contributed by atoms with Crippen LogP contribution in [0.15, 0.2) is 54.9 Å². The predicted octanol–water partition coefficient (Wildman–Crippen LogP) is 5.42. The van der Waals surface area contributed by atoms with E-state index in [1.54, 1.807) is 37.2 Å². The molecule has 1 saturated carbocycles. The molecule has 38 heavy (non-hydrogen) atoms. The predicted molar refractivity (Wildman–Crippen MR) is 149 cm³/mol. The number of rotatable bonds is 7. The zero-order chi connectivity index (χ0) is 26.8. The van der Waals surface area contributed by atoms with Crippen LogP contribution in [0.4, 0.5) is 0 Å². The van der Waals surface area contributed by atoms with Gasteiger partial charge in [0.25, 0.3) is 11.8 Å². The first-order valence-corrected chi connectivity index (χ1v) is 13.7. The summed E-state index contributed by atoms with van der Waals surface area (Å²) in [4.78, 5) is 40.5. The maximum Gasteiger partial charge on any atom is 0.253 e. The molecule has 3 aromatic rings. The summed E-state index contributed by atoms with van der Waals surface area (Å²) in [5, 5.41) is 0.850. The van der Waals surface area contributed by atoms with E-state index < -0.39 is 0 Å². The summed E-state index contributed by atoms with van der Waals surface area (Å²) in [5.74, 6) is -0.0247. The quantitative estimate of drug-likeness (QED) is 0.392. The summed E-state index contributed by atoms with van der Waals surface area (Å²) < 4.78 is 0. The van der Waals surface area contributed by atoms with Gasteiger partial charge in [0, 0.05) is 62.5 Å². The zero-order valence-corrected chi connectivity index (χ0v) is 23.1. The van der Waals surface area contributed by atoms with Crippen LogP contribution in [-0.2, 0) is 6.54 Å². The van der Waals surface area contributed by atoms with E-state index in [1.165, 1.54) is 12.8 Å². The molecule has 1 saturated heterocycles. The largest absolute Gasteiger partial charge is 0.345 e. The van der Waals surface area contributed by atoms with Crippen molar-refractivity contribution in [1.29, 1.82) is 0 Å². The fraction of sp³-hybridized carbons (Fsp3) is 0.379. The molecule has 2 aliphatic rings. The van der Waals surface area contributed by atoms with E-state index in [0.29, 0.717) is 46.3 Å². The van der Waals surface area contributed by atoms with E-state index in [9.17, 15) is 9.59 Å². The Morgan fingerprint density at radius 2 is 1.53 bits per heavy atom. The number of carbonyl (C=O) groups is 2. The molecular formula is C29H31Cl2N5O2. The molecule has 0 radical (unpaired) electrons. The maximum absolute atomic E-state index is 13.0. The number of aromatic nitrogens is 2. The summed E-state index contributed by atoms with van der Waals surface area (Å²) in [6.45, 7) is 2.17. The average molecular weight is 553 g/mol. The van der Waals surface area contributed by atoms with Crippen molar-refractivity contribution in [2.24, 2.45) is 0 Å². The van der Waals surface area contributed by atoms with E-state index in [-0.39, 0.29) is 11.8 Å². The number of benzene rings is 2. The first kappa shape index (κ1) is 26.6. The smallest absolute Gasteiger partial charge is 0.253 e. The van der Waals surface area contributed by atoms with Crippen molar-refractivity contribution in [1.82, 2.24) is 24.7 Å². The van der Waals surface area contributed by atoms with E-state index in [4.69, 9.17) is 28.2 Å². The molecular weight excluding hydrogens is 521 g/mol. The highest BCUT2D eigenvalue weighted by molar-refractivity contribution is 6.42. The van der Waals surface area contributed by atoms with Crippen LogP contribution in [0.5, 0.6) is 0 Å². The van der Waals surface area contributed by atoms with Crippen LogP contribution < -0.4 is 0 Å². The van der Waals surface area contributed by atoms with Crippen LogP contribution in [0.2, 0.25) is 10.0 Å². The van der Waals surface area contributed by atoms with Gasteiger partial charge in [-0.05, 0) is 56.0 Å². The fourth-order valence-electron chi connectivity index (χ4n) is 4.99.